The molecule has 1 fully saturated rings. The van der Waals surface area contributed by atoms with Crippen molar-refractivity contribution in [1.29, 1.82) is 0 Å². The molecule has 1 aromatic rings. The van der Waals surface area contributed by atoms with E-state index in [0.29, 0.717) is 5.56 Å². The lowest BCUT2D eigenvalue weighted by Gasteiger charge is -2.34. The summed E-state index contributed by atoms with van der Waals surface area (Å²) in [7, 11) is -3.92. The van der Waals surface area contributed by atoms with E-state index in [1.54, 1.807) is 13.8 Å². The van der Waals surface area contributed by atoms with Crippen LogP contribution in [0.2, 0.25) is 0 Å². The molecule has 0 bridgehead atoms. The predicted molar refractivity (Wildman–Crippen MR) is 71.1 cm³/mol. The topological polar surface area (TPSA) is 66.8 Å². The molecule has 20 heavy (non-hydrogen) atoms. The van der Waals surface area contributed by atoms with E-state index in [-0.39, 0.29) is 31.9 Å². The summed E-state index contributed by atoms with van der Waals surface area (Å²) in [5.41, 5.74) is 0.360. The molecule has 0 spiro atoms. The van der Waals surface area contributed by atoms with E-state index in [9.17, 15) is 12.8 Å². The molecule has 1 heterocycles. The zero-order valence-corrected chi connectivity index (χ0v) is 12.2. The molecule has 1 N–H and O–H groups in total. The van der Waals surface area contributed by atoms with E-state index in [1.807, 2.05) is 0 Å². The number of ether oxygens (including phenoxy) is 1. The first-order valence-corrected chi connectivity index (χ1v) is 7.83. The van der Waals surface area contributed by atoms with E-state index in [0.717, 1.165) is 6.07 Å². The second kappa shape index (κ2) is 5.77. The van der Waals surface area contributed by atoms with E-state index in [1.165, 1.54) is 16.4 Å². The fourth-order valence-corrected chi connectivity index (χ4v) is 4.02. The van der Waals surface area contributed by atoms with Crippen LogP contribution < -0.4 is 0 Å². The number of halogens is 1. The van der Waals surface area contributed by atoms with Gasteiger partial charge in [-0.1, -0.05) is 6.07 Å². The fourth-order valence-electron chi connectivity index (χ4n) is 2.31. The lowest BCUT2D eigenvalue weighted by Crippen LogP contribution is -2.48. The Bertz CT molecular complexity index is 580. The lowest BCUT2D eigenvalue weighted by atomic mass is 10.2. The van der Waals surface area contributed by atoms with Gasteiger partial charge < -0.3 is 9.84 Å². The van der Waals surface area contributed by atoms with Crippen LogP contribution in [0.4, 0.5) is 4.39 Å². The zero-order valence-electron chi connectivity index (χ0n) is 11.4. The highest BCUT2D eigenvalue weighted by atomic mass is 32.2. The number of rotatable bonds is 3. The highest BCUT2D eigenvalue weighted by molar-refractivity contribution is 7.89. The third-order valence-electron chi connectivity index (χ3n) is 3.18. The Kier molecular flexibility index (Phi) is 4.43. The molecule has 1 aliphatic heterocycles. The van der Waals surface area contributed by atoms with Crippen LogP contribution in [0.3, 0.4) is 0 Å². The first-order valence-electron chi connectivity index (χ1n) is 6.39. The average Bonchev–Trinajstić information content (AvgIpc) is 2.38. The van der Waals surface area contributed by atoms with Gasteiger partial charge in [-0.15, -0.1) is 0 Å². The minimum Gasteiger partial charge on any atom is -0.392 e. The minimum absolute atomic E-state index is 0.190. The summed E-state index contributed by atoms with van der Waals surface area (Å²) in [5.74, 6) is -0.811. The Balaban J connectivity index is 2.39. The van der Waals surface area contributed by atoms with E-state index in [2.05, 4.69) is 0 Å². The highest BCUT2D eigenvalue weighted by Gasteiger charge is 2.33. The molecule has 0 amide bonds. The standard InChI is InChI=1S/C13H18FNO4S/c1-9-6-15(7-10(2)19-9)20(17,18)13-5-11(8-16)3-4-12(13)14/h3-5,9-10,16H,6-8H2,1-2H3/t9-,10+. The van der Waals surface area contributed by atoms with Gasteiger partial charge in [0, 0.05) is 13.1 Å². The summed E-state index contributed by atoms with van der Waals surface area (Å²) in [5, 5.41) is 9.06. The van der Waals surface area contributed by atoms with Crippen LogP contribution in [0.25, 0.3) is 0 Å². The number of hydrogen-bond donors (Lipinski definition) is 1. The summed E-state index contributed by atoms with van der Waals surface area (Å²) in [6, 6.07) is 3.60. The van der Waals surface area contributed by atoms with Gasteiger partial charge in [-0.3, -0.25) is 0 Å². The van der Waals surface area contributed by atoms with Crippen molar-refractivity contribution in [2.45, 2.75) is 37.6 Å². The van der Waals surface area contributed by atoms with E-state index < -0.39 is 20.7 Å². The van der Waals surface area contributed by atoms with Crippen molar-refractivity contribution < 1.29 is 22.7 Å². The number of hydrogen-bond acceptors (Lipinski definition) is 4. The van der Waals surface area contributed by atoms with Gasteiger partial charge in [-0.05, 0) is 31.5 Å². The Hall–Kier alpha value is -1.02. The summed E-state index contributed by atoms with van der Waals surface area (Å²) in [6.07, 6.45) is -0.477. The van der Waals surface area contributed by atoms with Crippen LogP contribution in [0, 0.1) is 5.82 Å². The molecule has 0 saturated carbocycles. The summed E-state index contributed by atoms with van der Waals surface area (Å²) < 4.78 is 45.6. The Morgan fingerprint density at radius 3 is 2.50 bits per heavy atom. The first-order chi connectivity index (χ1) is 9.34. The van der Waals surface area contributed by atoms with Gasteiger partial charge in [0.05, 0.1) is 18.8 Å². The molecule has 0 unspecified atom stereocenters. The van der Waals surface area contributed by atoms with E-state index in [4.69, 9.17) is 9.84 Å². The average molecular weight is 303 g/mol. The second-order valence-electron chi connectivity index (χ2n) is 5.00. The largest absolute Gasteiger partial charge is 0.392 e. The van der Waals surface area contributed by atoms with Gasteiger partial charge in [0.25, 0.3) is 0 Å². The molecule has 1 aliphatic rings. The van der Waals surface area contributed by atoms with Crippen LogP contribution in [-0.4, -0.2) is 43.1 Å². The van der Waals surface area contributed by atoms with Crippen LogP contribution in [0.15, 0.2) is 23.1 Å². The number of nitrogens with zero attached hydrogens (tertiary/aromatic N) is 1. The molecule has 1 aromatic carbocycles. The molecule has 112 valence electrons. The second-order valence-corrected chi connectivity index (χ2v) is 6.91. The summed E-state index contributed by atoms with van der Waals surface area (Å²) in [4.78, 5) is -0.398. The molecule has 2 atom stereocenters. The Labute approximate surface area is 118 Å². The smallest absolute Gasteiger partial charge is 0.246 e. The van der Waals surface area contributed by atoms with E-state index >= 15 is 0 Å². The lowest BCUT2D eigenvalue weighted by molar-refractivity contribution is -0.0441. The van der Waals surface area contributed by atoms with Crippen LogP contribution >= 0.6 is 0 Å². The molecule has 2 rings (SSSR count). The third-order valence-corrected chi connectivity index (χ3v) is 5.03. The maximum absolute atomic E-state index is 13.8. The van der Waals surface area contributed by atoms with Gasteiger partial charge in [0.1, 0.15) is 10.7 Å². The number of morpholine rings is 1. The summed E-state index contributed by atoms with van der Waals surface area (Å²) in [6.45, 7) is 3.60. The molecular weight excluding hydrogens is 285 g/mol. The Morgan fingerprint density at radius 2 is 1.95 bits per heavy atom. The van der Waals surface area contributed by atoms with Crippen molar-refractivity contribution in [1.82, 2.24) is 4.31 Å². The van der Waals surface area contributed by atoms with Gasteiger partial charge >= 0.3 is 0 Å². The monoisotopic (exact) mass is 303 g/mol. The number of sulfonamides is 1. The fraction of sp³-hybridized carbons (Fsp3) is 0.538. The van der Waals surface area contributed by atoms with Crippen molar-refractivity contribution in [3.8, 4) is 0 Å². The minimum atomic E-state index is -3.92. The molecule has 1 saturated heterocycles. The number of benzene rings is 1. The van der Waals surface area contributed by atoms with Crippen LogP contribution in [0.1, 0.15) is 19.4 Å². The third kappa shape index (κ3) is 3.01. The number of aliphatic hydroxyl groups excluding tert-OH is 1. The molecular formula is C13H18FNO4S. The predicted octanol–water partition coefficient (Wildman–Crippen LogP) is 1.12. The van der Waals surface area contributed by atoms with Crippen molar-refractivity contribution in [2.24, 2.45) is 0 Å². The van der Waals surface area contributed by atoms with Crippen molar-refractivity contribution in [2.75, 3.05) is 13.1 Å². The van der Waals surface area contributed by atoms with Gasteiger partial charge in [0.15, 0.2) is 0 Å². The SMILES string of the molecule is C[C@@H]1CN(S(=O)(=O)c2cc(CO)ccc2F)C[C@H](C)O1. The first kappa shape index (κ1) is 15.4. The number of aliphatic hydroxyl groups is 1. The molecule has 0 aliphatic carbocycles. The highest BCUT2D eigenvalue weighted by Crippen LogP contribution is 2.24. The molecule has 0 aromatic heterocycles. The molecule has 7 heteroatoms. The van der Waals surface area contributed by atoms with Crippen molar-refractivity contribution in [3.05, 3.63) is 29.6 Å². The van der Waals surface area contributed by atoms with Crippen molar-refractivity contribution in [3.63, 3.8) is 0 Å². The molecule has 0 radical (unpaired) electrons. The zero-order chi connectivity index (χ0) is 14.9. The van der Waals surface area contributed by atoms with Crippen molar-refractivity contribution >= 4 is 10.0 Å². The summed E-state index contributed by atoms with van der Waals surface area (Å²) >= 11 is 0. The maximum atomic E-state index is 13.8. The van der Waals surface area contributed by atoms with Crippen LogP contribution in [0.5, 0.6) is 0 Å². The Morgan fingerprint density at radius 1 is 1.35 bits per heavy atom. The maximum Gasteiger partial charge on any atom is 0.246 e. The molecule has 5 nitrogen and oxygen atoms in total. The quantitative estimate of drug-likeness (QED) is 0.908. The van der Waals surface area contributed by atoms with Gasteiger partial charge in [-0.2, -0.15) is 4.31 Å². The van der Waals surface area contributed by atoms with Gasteiger partial charge in [0.2, 0.25) is 10.0 Å². The van der Waals surface area contributed by atoms with Crippen LogP contribution in [-0.2, 0) is 21.4 Å². The van der Waals surface area contributed by atoms with Gasteiger partial charge in [-0.25, -0.2) is 12.8 Å². The normalized spacial score (nSPS) is 24.8.